The van der Waals surface area contributed by atoms with Crippen LogP contribution in [0.15, 0.2) is 0 Å². The van der Waals surface area contributed by atoms with Crippen LogP contribution >= 0.6 is 23.2 Å². The highest BCUT2D eigenvalue weighted by atomic mass is 35.5. The van der Waals surface area contributed by atoms with E-state index in [4.69, 9.17) is 23.2 Å². The predicted molar refractivity (Wildman–Crippen MR) is 40.0 cm³/mol. The van der Waals surface area contributed by atoms with Gasteiger partial charge in [0, 0.05) is 12.3 Å². The number of carbonyl (C=O) groups is 1. The van der Waals surface area contributed by atoms with Crippen molar-refractivity contribution in [2.45, 2.75) is 25.1 Å². The lowest BCUT2D eigenvalue weighted by Gasteiger charge is -2.02. The van der Waals surface area contributed by atoms with Crippen LogP contribution in [0.3, 0.4) is 0 Å². The molecule has 1 nitrogen and oxygen atoms in total. The second-order valence-electron chi connectivity index (χ2n) is 2.22. The van der Waals surface area contributed by atoms with E-state index in [0.29, 0.717) is 0 Å². The van der Waals surface area contributed by atoms with Gasteiger partial charge < -0.3 is 0 Å². The zero-order chi connectivity index (χ0) is 7.44. The maximum absolute atomic E-state index is 10.8. The molecule has 0 radical (unpaired) electrons. The van der Waals surface area contributed by atoms with E-state index < -0.39 is 4.84 Å². The molecule has 3 heteroatoms. The summed E-state index contributed by atoms with van der Waals surface area (Å²) in [5.74, 6) is 0.162. The fourth-order valence-electron chi connectivity index (χ4n) is 0.388. The van der Waals surface area contributed by atoms with Gasteiger partial charge in [-0.2, -0.15) is 0 Å². The van der Waals surface area contributed by atoms with E-state index in [1.807, 2.05) is 13.8 Å². The molecule has 0 spiro atoms. The van der Waals surface area contributed by atoms with Crippen LogP contribution in [0.1, 0.15) is 20.3 Å². The largest absolute Gasteiger partial charge is 0.299 e. The van der Waals surface area contributed by atoms with Gasteiger partial charge in [-0.15, -0.1) is 23.2 Å². The molecule has 0 atom stereocenters. The van der Waals surface area contributed by atoms with E-state index in [9.17, 15) is 4.79 Å². The molecule has 54 valence electrons. The number of ketones is 1. The van der Waals surface area contributed by atoms with Gasteiger partial charge in [-0.05, 0) is 0 Å². The molecule has 0 unspecified atom stereocenters. The molecule has 0 heterocycles. The fraction of sp³-hybridized carbons (Fsp3) is 0.833. The summed E-state index contributed by atoms with van der Waals surface area (Å²) in [5, 5.41) is 0. The number of Topliss-reactive ketones (excluding diaryl/α,β-unsaturated/α-hetero) is 1. The van der Waals surface area contributed by atoms with Crippen LogP contribution in [0.4, 0.5) is 0 Å². The first-order chi connectivity index (χ1) is 4.04. The molecule has 0 aliphatic heterocycles. The molecule has 0 aromatic rings. The Kier molecular flexibility index (Phi) is 4.24. The van der Waals surface area contributed by atoms with Gasteiger partial charge in [0.25, 0.3) is 0 Å². The van der Waals surface area contributed by atoms with Crippen molar-refractivity contribution in [1.29, 1.82) is 0 Å². The molecule has 9 heavy (non-hydrogen) atoms. The predicted octanol–water partition coefficient (Wildman–Crippen LogP) is 2.41. The summed E-state index contributed by atoms with van der Waals surface area (Å²) in [6.07, 6.45) is 0.265. The molecule has 0 N–H and O–H groups in total. The van der Waals surface area contributed by atoms with E-state index in [-0.39, 0.29) is 18.1 Å². The minimum absolute atomic E-state index is 0.0463. The number of alkyl halides is 2. The maximum atomic E-state index is 10.8. The van der Waals surface area contributed by atoms with Crippen molar-refractivity contribution < 1.29 is 4.79 Å². The smallest absolute Gasteiger partial charge is 0.138 e. The van der Waals surface area contributed by atoms with Gasteiger partial charge in [-0.3, -0.25) is 4.79 Å². The molecule has 0 saturated heterocycles. The summed E-state index contributed by atoms with van der Waals surface area (Å²) in [6.45, 7) is 3.66. The molecule has 0 fully saturated rings. The van der Waals surface area contributed by atoms with Gasteiger partial charge in [0.05, 0.1) is 0 Å². The van der Waals surface area contributed by atoms with E-state index in [1.54, 1.807) is 0 Å². The molecule has 0 amide bonds. The van der Waals surface area contributed by atoms with Crippen LogP contribution in [-0.4, -0.2) is 10.6 Å². The van der Waals surface area contributed by atoms with Crippen molar-refractivity contribution in [3.8, 4) is 0 Å². The summed E-state index contributed by atoms with van der Waals surface area (Å²) in [5.41, 5.74) is 0. The molecule has 0 saturated carbocycles. The number of hydrogen-bond donors (Lipinski definition) is 0. The molecular formula is C6H10Cl2O. The van der Waals surface area contributed by atoms with E-state index >= 15 is 0 Å². The van der Waals surface area contributed by atoms with Crippen molar-refractivity contribution in [2.75, 3.05) is 0 Å². The molecule has 0 aliphatic carbocycles. The summed E-state index contributed by atoms with van der Waals surface area (Å²) in [7, 11) is 0. The number of hydrogen-bond acceptors (Lipinski definition) is 1. The van der Waals surface area contributed by atoms with Crippen LogP contribution in [0.2, 0.25) is 0 Å². The summed E-state index contributed by atoms with van der Waals surface area (Å²) in [6, 6.07) is 0. The van der Waals surface area contributed by atoms with Crippen LogP contribution < -0.4 is 0 Å². The Balaban J connectivity index is 3.51. The van der Waals surface area contributed by atoms with Crippen molar-refractivity contribution >= 4 is 29.0 Å². The topological polar surface area (TPSA) is 17.1 Å². The molecule has 0 aromatic carbocycles. The van der Waals surface area contributed by atoms with Crippen molar-refractivity contribution in [3.05, 3.63) is 0 Å². The van der Waals surface area contributed by atoms with Crippen molar-refractivity contribution in [3.63, 3.8) is 0 Å². The van der Waals surface area contributed by atoms with Gasteiger partial charge in [-0.25, -0.2) is 0 Å². The second kappa shape index (κ2) is 4.13. The first-order valence-corrected chi connectivity index (χ1v) is 3.72. The monoisotopic (exact) mass is 168 g/mol. The third kappa shape index (κ3) is 4.73. The molecule has 0 aromatic heterocycles. The summed E-state index contributed by atoms with van der Waals surface area (Å²) < 4.78 is 0. The first kappa shape index (κ1) is 9.25. The van der Waals surface area contributed by atoms with E-state index in [1.165, 1.54) is 0 Å². The highest BCUT2D eigenvalue weighted by Crippen LogP contribution is 2.10. The Labute approximate surface area is 65.3 Å². The van der Waals surface area contributed by atoms with E-state index in [0.717, 1.165) is 0 Å². The van der Waals surface area contributed by atoms with Crippen molar-refractivity contribution in [1.82, 2.24) is 0 Å². The standard InChI is InChI=1S/C6H10Cl2O/c1-4(2)5(9)3-6(7)8/h4,6H,3H2,1-2H3. The second-order valence-corrected chi connectivity index (χ2v) is 3.49. The Morgan fingerprint density at radius 1 is 1.44 bits per heavy atom. The minimum atomic E-state index is -0.542. The van der Waals surface area contributed by atoms with Crippen LogP contribution in [0.5, 0.6) is 0 Å². The highest BCUT2D eigenvalue weighted by molar-refractivity contribution is 6.45. The van der Waals surface area contributed by atoms with Gasteiger partial charge in [0.1, 0.15) is 10.6 Å². The number of halogens is 2. The van der Waals surface area contributed by atoms with Gasteiger partial charge in [0.2, 0.25) is 0 Å². The minimum Gasteiger partial charge on any atom is -0.299 e. The third-order valence-corrected chi connectivity index (χ3v) is 1.31. The molecule has 0 rings (SSSR count). The third-order valence-electron chi connectivity index (χ3n) is 0.999. The van der Waals surface area contributed by atoms with Crippen LogP contribution in [0.25, 0.3) is 0 Å². The highest BCUT2D eigenvalue weighted by Gasteiger charge is 2.10. The SMILES string of the molecule is CC(C)C(=O)CC(Cl)Cl. The fourth-order valence-corrected chi connectivity index (χ4v) is 0.692. The van der Waals surface area contributed by atoms with Gasteiger partial charge in [-0.1, -0.05) is 13.8 Å². The Morgan fingerprint density at radius 3 is 2.00 bits per heavy atom. The maximum Gasteiger partial charge on any atom is 0.138 e. The molecule has 0 bridgehead atoms. The van der Waals surface area contributed by atoms with Crippen LogP contribution in [-0.2, 0) is 4.79 Å². The summed E-state index contributed by atoms with van der Waals surface area (Å²) in [4.78, 5) is 10.2. The lowest BCUT2D eigenvalue weighted by Crippen LogP contribution is -2.09. The average Bonchev–Trinajstić information content (AvgIpc) is 1.63. The van der Waals surface area contributed by atoms with Crippen molar-refractivity contribution in [2.24, 2.45) is 5.92 Å². The molecular weight excluding hydrogens is 159 g/mol. The zero-order valence-corrected chi connectivity index (χ0v) is 7.04. The van der Waals surface area contributed by atoms with E-state index in [2.05, 4.69) is 0 Å². The zero-order valence-electron chi connectivity index (χ0n) is 5.53. The quantitative estimate of drug-likeness (QED) is 0.593. The first-order valence-electron chi connectivity index (χ1n) is 2.85. The Morgan fingerprint density at radius 2 is 1.89 bits per heavy atom. The van der Waals surface area contributed by atoms with Gasteiger partial charge in [0.15, 0.2) is 0 Å². The lowest BCUT2D eigenvalue weighted by molar-refractivity contribution is -0.121. The average molecular weight is 169 g/mol. The number of carbonyl (C=O) groups excluding carboxylic acids is 1. The van der Waals surface area contributed by atoms with Gasteiger partial charge >= 0.3 is 0 Å². The van der Waals surface area contributed by atoms with Crippen LogP contribution in [0, 0.1) is 5.92 Å². The Hall–Kier alpha value is 0.250. The number of rotatable bonds is 3. The molecule has 0 aliphatic rings. The Bertz CT molecular complexity index is 99.2. The normalized spacial score (nSPS) is 10.9. The lowest BCUT2D eigenvalue weighted by atomic mass is 10.1. The summed E-state index contributed by atoms with van der Waals surface area (Å²) >= 11 is 10.7.